The van der Waals surface area contributed by atoms with Crippen molar-refractivity contribution in [1.29, 1.82) is 0 Å². The van der Waals surface area contributed by atoms with Gasteiger partial charge in [0.2, 0.25) is 5.88 Å². The van der Waals surface area contributed by atoms with Crippen molar-refractivity contribution in [2.75, 3.05) is 64.8 Å². The fraction of sp³-hybridized carbons (Fsp3) is 0.500. The van der Waals surface area contributed by atoms with Crippen molar-refractivity contribution in [2.24, 2.45) is 5.41 Å². The van der Waals surface area contributed by atoms with Gasteiger partial charge in [0, 0.05) is 65.9 Å². The summed E-state index contributed by atoms with van der Waals surface area (Å²) >= 11 is 3.74. The second-order valence-corrected chi connectivity index (χ2v) is 11.3. The van der Waals surface area contributed by atoms with Crippen molar-refractivity contribution in [3.8, 4) is 17.6 Å². The lowest BCUT2D eigenvalue weighted by Crippen LogP contribution is -2.41. The number of nitrogens with zero attached hydrogens (tertiary/aromatic N) is 4. The molecule has 1 aromatic heterocycles. The molecule has 0 radical (unpaired) electrons. The van der Waals surface area contributed by atoms with Gasteiger partial charge in [0.15, 0.2) is 6.79 Å². The molecule has 1 aliphatic carbocycles. The lowest BCUT2D eigenvalue weighted by Gasteiger charge is -2.32. The van der Waals surface area contributed by atoms with Gasteiger partial charge in [0.05, 0.1) is 32.1 Å². The number of aromatic hydroxyl groups is 1. The van der Waals surface area contributed by atoms with Crippen LogP contribution >= 0.6 is 15.9 Å². The lowest BCUT2D eigenvalue weighted by atomic mass is 10.0. The summed E-state index contributed by atoms with van der Waals surface area (Å²) in [6.45, 7) is 6.52. The van der Waals surface area contributed by atoms with Crippen molar-refractivity contribution in [1.82, 2.24) is 14.9 Å². The molecule has 202 valence electrons. The summed E-state index contributed by atoms with van der Waals surface area (Å²) in [6.07, 6.45) is 2.91. The molecule has 6 rings (SSSR count). The number of aromatic nitrogens is 2. The van der Waals surface area contributed by atoms with Crippen molar-refractivity contribution in [3.05, 3.63) is 46.1 Å². The zero-order valence-electron chi connectivity index (χ0n) is 21.6. The average molecular weight is 585 g/mol. The van der Waals surface area contributed by atoms with Crippen LogP contribution in [-0.4, -0.2) is 79.9 Å². The summed E-state index contributed by atoms with van der Waals surface area (Å²) in [4.78, 5) is 13.8. The van der Waals surface area contributed by atoms with E-state index < -0.39 is 0 Å². The monoisotopic (exact) mass is 584 g/mol. The Balaban J connectivity index is 1.22. The minimum atomic E-state index is 0.0193. The molecule has 0 amide bonds. The molecule has 2 fully saturated rings. The van der Waals surface area contributed by atoms with Gasteiger partial charge in [-0.1, -0.05) is 28.1 Å². The lowest BCUT2D eigenvalue weighted by molar-refractivity contribution is 0.0231. The fourth-order valence-electron chi connectivity index (χ4n) is 5.43. The molecule has 3 aliphatic rings. The van der Waals surface area contributed by atoms with E-state index in [1.807, 2.05) is 24.3 Å². The van der Waals surface area contributed by atoms with Crippen LogP contribution in [-0.2, 0) is 22.4 Å². The largest absolute Gasteiger partial charge is 0.493 e. The fourth-order valence-corrected chi connectivity index (χ4v) is 6.01. The molecular weight excluding hydrogens is 552 g/mol. The SMILES string of the molecule is COCOc1cc(N2CCc3c(O)nc(OCC4(CN5CCOCC5)CC4)nc3C2)c2c(Br)cccc2c1. The quantitative estimate of drug-likeness (QED) is 0.373. The molecule has 10 heteroatoms. The Morgan fingerprint density at radius 3 is 2.74 bits per heavy atom. The Labute approximate surface area is 230 Å². The predicted molar refractivity (Wildman–Crippen MR) is 147 cm³/mol. The first-order valence-electron chi connectivity index (χ1n) is 13.1. The maximum atomic E-state index is 10.7. The number of ether oxygens (including phenoxy) is 4. The van der Waals surface area contributed by atoms with Crippen LogP contribution in [0.4, 0.5) is 5.69 Å². The van der Waals surface area contributed by atoms with Crippen LogP contribution in [0.2, 0.25) is 0 Å². The molecule has 3 heterocycles. The van der Waals surface area contributed by atoms with Gasteiger partial charge < -0.3 is 29.0 Å². The normalized spacial score (nSPS) is 18.8. The molecular formula is C28H33BrN4O5. The Morgan fingerprint density at radius 2 is 1.95 bits per heavy atom. The summed E-state index contributed by atoms with van der Waals surface area (Å²) in [6, 6.07) is 10.4. The van der Waals surface area contributed by atoms with E-state index in [0.717, 1.165) is 90.2 Å². The molecule has 1 N–H and O–H groups in total. The number of hydrogen-bond acceptors (Lipinski definition) is 9. The van der Waals surface area contributed by atoms with Crippen molar-refractivity contribution >= 4 is 32.4 Å². The molecule has 1 saturated carbocycles. The first-order valence-corrected chi connectivity index (χ1v) is 13.9. The summed E-state index contributed by atoms with van der Waals surface area (Å²) < 4.78 is 23.5. The number of hydrogen-bond donors (Lipinski definition) is 1. The zero-order valence-corrected chi connectivity index (χ0v) is 23.2. The highest BCUT2D eigenvalue weighted by atomic mass is 79.9. The van der Waals surface area contributed by atoms with E-state index in [9.17, 15) is 5.11 Å². The van der Waals surface area contributed by atoms with E-state index in [0.29, 0.717) is 19.6 Å². The minimum absolute atomic E-state index is 0.0193. The summed E-state index contributed by atoms with van der Waals surface area (Å²) in [5, 5.41) is 12.9. The topological polar surface area (TPSA) is 89.4 Å². The number of morpholine rings is 1. The highest BCUT2D eigenvalue weighted by Gasteiger charge is 2.45. The van der Waals surface area contributed by atoms with Crippen LogP contribution in [0.1, 0.15) is 24.1 Å². The van der Waals surface area contributed by atoms with Crippen LogP contribution in [0.25, 0.3) is 10.8 Å². The second kappa shape index (κ2) is 10.8. The summed E-state index contributed by atoms with van der Waals surface area (Å²) in [5.74, 6) is 0.758. The minimum Gasteiger partial charge on any atom is -0.493 e. The summed E-state index contributed by atoms with van der Waals surface area (Å²) in [5.41, 5.74) is 2.76. The van der Waals surface area contributed by atoms with E-state index in [4.69, 9.17) is 23.9 Å². The number of benzene rings is 2. The number of rotatable bonds is 9. The van der Waals surface area contributed by atoms with E-state index in [1.165, 1.54) is 0 Å². The van der Waals surface area contributed by atoms with E-state index in [1.54, 1.807) is 7.11 Å². The standard InChI is InChI=1S/C28H33BrN4O5/c1-35-18-38-20-13-19-3-2-4-22(29)25(19)24(14-20)33-8-5-21-23(15-33)30-27(31-26(21)34)37-17-28(6-7-28)16-32-9-11-36-12-10-32/h2-4,13-14H,5-12,15-18H2,1H3,(H,30,31,34). The van der Waals surface area contributed by atoms with Crippen LogP contribution in [0.15, 0.2) is 34.8 Å². The van der Waals surface area contributed by atoms with E-state index in [2.05, 4.69) is 36.8 Å². The molecule has 1 saturated heterocycles. The van der Waals surface area contributed by atoms with Gasteiger partial charge >= 0.3 is 6.01 Å². The highest BCUT2D eigenvalue weighted by Crippen LogP contribution is 2.47. The van der Waals surface area contributed by atoms with Gasteiger partial charge in [-0.2, -0.15) is 9.97 Å². The molecule has 0 bridgehead atoms. The maximum Gasteiger partial charge on any atom is 0.320 e. The number of fused-ring (bicyclic) bond motifs is 2. The maximum absolute atomic E-state index is 10.7. The van der Waals surface area contributed by atoms with Crippen LogP contribution in [0.3, 0.4) is 0 Å². The Hall–Kier alpha value is -2.66. The Morgan fingerprint density at radius 1 is 1.11 bits per heavy atom. The predicted octanol–water partition coefficient (Wildman–Crippen LogP) is 4.13. The van der Waals surface area contributed by atoms with Gasteiger partial charge in [-0.15, -0.1) is 0 Å². The third kappa shape index (κ3) is 5.40. The highest BCUT2D eigenvalue weighted by molar-refractivity contribution is 9.10. The van der Waals surface area contributed by atoms with Gasteiger partial charge in [0.25, 0.3) is 0 Å². The number of anilines is 1. The van der Waals surface area contributed by atoms with Gasteiger partial charge in [-0.05, 0) is 36.8 Å². The first-order chi connectivity index (χ1) is 18.5. The second-order valence-electron chi connectivity index (χ2n) is 10.4. The van der Waals surface area contributed by atoms with Crippen molar-refractivity contribution in [2.45, 2.75) is 25.8 Å². The Kier molecular flexibility index (Phi) is 7.31. The van der Waals surface area contributed by atoms with E-state index >= 15 is 0 Å². The molecule has 0 atom stereocenters. The zero-order chi connectivity index (χ0) is 26.1. The molecule has 38 heavy (non-hydrogen) atoms. The first kappa shape index (κ1) is 25.6. The molecule has 9 nitrogen and oxygen atoms in total. The summed E-state index contributed by atoms with van der Waals surface area (Å²) in [7, 11) is 1.61. The smallest absolute Gasteiger partial charge is 0.320 e. The van der Waals surface area contributed by atoms with Gasteiger partial charge in [-0.3, -0.25) is 4.90 Å². The van der Waals surface area contributed by atoms with Crippen molar-refractivity contribution < 1.29 is 24.1 Å². The molecule has 3 aromatic rings. The molecule has 0 spiro atoms. The molecule has 0 unspecified atom stereocenters. The number of halogens is 1. The van der Waals surface area contributed by atoms with Gasteiger partial charge in [-0.25, -0.2) is 0 Å². The van der Waals surface area contributed by atoms with Gasteiger partial charge in [0.1, 0.15) is 5.75 Å². The molecule has 2 aliphatic heterocycles. The van der Waals surface area contributed by atoms with Crippen LogP contribution in [0.5, 0.6) is 17.6 Å². The van der Waals surface area contributed by atoms with Crippen LogP contribution in [0, 0.1) is 5.41 Å². The third-order valence-electron chi connectivity index (χ3n) is 7.71. The molecule has 2 aromatic carbocycles. The van der Waals surface area contributed by atoms with E-state index in [-0.39, 0.29) is 24.1 Å². The van der Waals surface area contributed by atoms with Crippen molar-refractivity contribution in [3.63, 3.8) is 0 Å². The van der Waals surface area contributed by atoms with Crippen LogP contribution < -0.4 is 14.4 Å². The Bertz CT molecular complexity index is 1310. The third-order valence-corrected chi connectivity index (χ3v) is 8.37. The number of methoxy groups -OCH3 is 1. The average Bonchev–Trinajstić information content (AvgIpc) is 3.70.